The SMILES string of the molecule is CC(=O)CC[C@H]1CN(c2ccc(-c3ccc(N4C=NN(C(=O)CO)CC4)nc3)c(F)c2)C(=O)O1.CC(=O)CC[C@H]1CN(c2ccc(-c3ccc(N4C=NNCC4)nc3)c(F)c2)C(=O)O1.Cl. The fraction of sp³-hybridized carbons (Fsp3) is 0.341. The summed E-state index contributed by atoms with van der Waals surface area (Å²) in [6, 6.07) is 16.2. The number of pyridine rings is 2. The van der Waals surface area contributed by atoms with Crippen molar-refractivity contribution in [1.82, 2.24) is 20.4 Å². The molecule has 4 aromatic rings. The highest BCUT2D eigenvalue weighted by molar-refractivity contribution is 5.91. The molecule has 18 nitrogen and oxygen atoms in total. The number of benzene rings is 2. The van der Waals surface area contributed by atoms with Crippen LogP contribution in [0.4, 0.5) is 41.4 Å². The Balaban J connectivity index is 0.000000214. The van der Waals surface area contributed by atoms with Gasteiger partial charge in [0.25, 0.3) is 5.91 Å². The van der Waals surface area contributed by atoms with Gasteiger partial charge in [-0.25, -0.2) is 33.3 Å². The number of carbonyl (C=O) groups excluding carboxylic acids is 5. The first-order chi connectivity index (χ1) is 30.9. The van der Waals surface area contributed by atoms with E-state index in [9.17, 15) is 32.8 Å². The summed E-state index contributed by atoms with van der Waals surface area (Å²) in [5.41, 5.74) is 5.60. The van der Waals surface area contributed by atoms with Gasteiger partial charge in [-0.2, -0.15) is 10.2 Å². The number of aromatic nitrogens is 2. The summed E-state index contributed by atoms with van der Waals surface area (Å²) >= 11 is 0. The van der Waals surface area contributed by atoms with Crippen molar-refractivity contribution in [2.24, 2.45) is 10.2 Å². The van der Waals surface area contributed by atoms with Crippen LogP contribution in [0, 0.1) is 11.6 Å². The molecule has 0 aliphatic carbocycles. The standard InChI is InChI=1S/C23H24FN5O5.C21H22FN5O3.ClH/c1-15(31)2-5-18-12-28(23(33)34-18)17-4-6-19(20(24)10-17)16-3-7-21(25-11-16)27-8-9-29(26-14-27)22(32)13-30;1-14(28)2-5-17-12-27(21(29)30-17)16-4-6-18(19(22)10-16)15-3-7-20(23-11-15)26-9-8-24-25-13-26;/h3-4,6-7,10-11,14,18,30H,2,5,8-9,12-13H2,1H3;3-4,6-7,10-11,13,17,24H,2,5,8-9,12H2,1H3;1H/t18-;17-;/m00./s1. The number of rotatable bonds is 13. The van der Waals surface area contributed by atoms with Crippen molar-refractivity contribution in [2.75, 3.05) is 65.5 Å². The lowest BCUT2D eigenvalue weighted by atomic mass is 10.1. The molecule has 2 N–H and O–H groups in total. The molecule has 0 unspecified atom stereocenters. The van der Waals surface area contributed by atoms with Crippen LogP contribution < -0.4 is 25.0 Å². The maximum atomic E-state index is 14.9. The van der Waals surface area contributed by atoms with E-state index in [0.717, 1.165) is 18.9 Å². The minimum atomic E-state index is -0.603. The molecular weight excluding hydrogens is 870 g/mol. The van der Waals surface area contributed by atoms with E-state index in [2.05, 4.69) is 25.6 Å². The molecule has 3 amide bonds. The molecule has 4 aliphatic heterocycles. The fourth-order valence-corrected chi connectivity index (χ4v) is 7.20. The van der Waals surface area contributed by atoms with Crippen LogP contribution in [-0.4, -0.2) is 121 Å². The Labute approximate surface area is 378 Å². The van der Waals surface area contributed by atoms with Crippen LogP contribution in [0.25, 0.3) is 22.3 Å². The molecule has 2 aromatic carbocycles. The molecule has 21 heteroatoms. The molecule has 6 heterocycles. The summed E-state index contributed by atoms with van der Waals surface area (Å²) in [7, 11) is 0. The van der Waals surface area contributed by atoms with Gasteiger partial charge in [-0.15, -0.1) is 12.4 Å². The maximum absolute atomic E-state index is 14.9. The van der Waals surface area contributed by atoms with Gasteiger partial charge in [0.15, 0.2) is 0 Å². The fourth-order valence-electron chi connectivity index (χ4n) is 7.20. The molecule has 0 radical (unpaired) electrons. The number of carbonyl (C=O) groups is 5. The minimum Gasteiger partial charge on any atom is -0.444 e. The predicted molar refractivity (Wildman–Crippen MR) is 240 cm³/mol. The minimum absolute atomic E-state index is 0. The van der Waals surface area contributed by atoms with Crippen molar-refractivity contribution in [1.29, 1.82) is 0 Å². The van der Waals surface area contributed by atoms with Crippen molar-refractivity contribution < 1.29 is 47.3 Å². The second kappa shape index (κ2) is 21.5. The molecule has 2 fully saturated rings. The zero-order valence-electron chi connectivity index (χ0n) is 35.5. The van der Waals surface area contributed by atoms with Gasteiger partial charge in [0.05, 0.1) is 37.6 Å². The van der Waals surface area contributed by atoms with Crippen molar-refractivity contribution in [3.8, 4) is 22.3 Å². The number of Topliss-reactive ketones (excluding diaryl/α,β-unsaturated/α-hetero) is 2. The highest BCUT2D eigenvalue weighted by Crippen LogP contribution is 2.32. The van der Waals surface area contributed by atoms with Crippen molar-refractivity contribution in [3.63, 3.8) is 0 Å². The highest BCUT2D eigenvalue weighted by atomic mass is 35.5. The summed E-state index contributed by atoms with van der Waals surface area (Å²) in [5, 5.41) is 18.1. The number of nitrogens with one attached hydrogen (secondary N) is 1. The number of nitrogens with zero attached hydrogens (tertiary/aromatic N) is 9. The van der Waals surface area contributed by atoms with Gasteiger partial charge >= 0.3 is 12.2 Å². The van der Waals surface area contributed by atoms with E-state index in [4.69, 9.17) is 14.6 Å². The number of halogens is 3. The smallest absolute Gasteiger partial charge is 0.414 e. The average molecular weight is 917 g/mol. The second-order valence-corrected chi connectivity index (χ2v) is 15.3. The Kier molecular flexibility index (Phi) is 15.7. The van der Waals surface area contributed by atoms with E-state index in [1.165, 1.54) is 53.3 Å². The third-order valence-electron chi connectivity index (χ3n) is 10.7. The topological polar surface area (TPSA) is 203 Å². The normalized spacial score (nSPS) is 17.8. The second-order valence-electron chi connectivity index (χ2n) is 15.3. The van der Waals surface area contributed by atoms with Crippen LogP contribution in [0.15, 0.2) is 83.3 Å². The van der Waals surface area contributed by atoms with Gasteiger partial charge in [-0.3, -0.25) is 14.6 Å². The number of ether oxygens (including phenoxy) is 2. The van der Waals surface area contributed by atoms with Gasteiger partial charge in [-0.05, 0) is 87.4 Å². The Bertz CT molecular complexity index is 2450. The van der Waals surface area contributed by atoms with Gasteiger partial charge in [0, 0.05) is 60.6 Å². The summed E-state index contributed by atoms with van der Waals surface area (Å²) in [6.45, 7) is 5.18. The monoisotopic (exact) mass is 916 g/mol. The molecule has 65 heavy (non-hydrogen) atoms. The molecule has 0 spiro atoms. The first-order valence-electron chi connectivity index (χ1n) is 20.6. The maximum Gasteiger partial charge on any atom is 0.414 e. The third-order valence-corrected chi connectivity index (χ3v) is 10.7. The van der Waals surface area contributed by atoms with Crippen LogP contribution in [0.2, 0.25) is 0 Å². The number of ketones is 2. The number of hydrogen-bond acceptors (Lipinski definition) is 15. The number of hydrazone groups is 2. The van der Waals surface area contributed by atoms with Crippen molar-refractivity contribution >= 4 is 77.8 Å². The molecule has 0 bridgehead atoms. The van der Waals surface area contributed by atoms with Crippen LogP contribution in [0.3, 0.4) is 0 Å². The summed E-state index contributed by atoms with van der Waals surface area (Å²) in [4.78, 5) is 73.3. The highest BCUT2D eigenvalue weighted by Gasteiger charge is 2.34. The van der Waals surface area contributed by atoms with Crippen LogP contribution in [-0.2, 0) is 23.9 Å². The van der Waals surface area contributed by atoms with E-state index in [1.807, 2.05) is 11.0 Å². The number of anilines is 4. The van der Waals surface area contributed by atoms with Crippen molar-refractivity contribution in [3.05, 3.63) is 84.7 Å². The van der Waals surface area contributed by atoms with Gasteiger partial charge in [0.2, 0.25) is 0 Å². The van der Waals surface area contributed by atoms with Gasteiger partial charge < -0.3 is 39.4 Å². The number of aliphatic hydroxyl groups is 1. The predicted octanol–water partition coefficient (Wildman–Crippen LogP) is 5.52. The van der Waals surface area contributed by atoms with Crippen LogP contribution in [0.1, 0.15) is 39.5 Å². The quantitative estimate of drug-likeness (QED) is 0.170. The molecular formula is C44H47ClF2N10O8. The first-order valence-corrected chi connectivity index (χ1v) is 20.6. The zero-order chi connectivity index (χ0) is 45.3. The average Bonchev–Trinajstić information content (AvgIpc) is 3.88. The Morgan fingerprint density at radius 3 is 1.62 bits per heavy atom. The molecule has 4 aliphatic rings. The Morgan fingerprint density at radius 1 is 0.723 bits per heavy atom. The summed E-state index contributed by atoms with van der Waals surface area (Å²) in [6.07, 6.45) is 5.99. The Hall–Kier alpha value is -7.06. The van der Waals surface area contributed by atoms with Crippen molar-refractivity contribution in [2.45, 2.75) is 51.7 Å². The van der Waals surface area contributed by atoms with E-state index >= 15 is 0 Å². The number of aliphatic hydroxyl groups excluding tert-OH is 1. The largest absolute Gasteiger partial charge is 0.444 e. The van der Waals surface area contributed by atoms with E-state index < -0.39 is 42.4 Å². The molecule has 2 atom stereocenters. The summed E-state index contributed by atoms with van der Waals surface area (Å²) < 4.78 is 40.3. The summed E-state index contributed by atoms with van der Waals surface area (Å²) in [5.74, 6) is -0.0588. The number of cyclic esters (lactones) is 2. The molecule has 8 rings (SSSR count). The number of hydrogen-bond donors (Lipinski definition) is 2. The molecule has 342 valence electrons. The van der Waals surface area contributed by atoms with E-state index in [-0.39, 0.29) is 36.6 Å². The third kappa shape index (κ3) is 11.8. The Morgan fingerprint density at radius 2 is 1.23 bits per heavy atom. The van der Waals surface area contributed by atoms with Crippen LogP contribution in [0.5, 0.6) is 0 Å². The molecule has 2 saturated heterocycles. The number of amides is 3. The van der Waals surface area contributed by atoms with Gasteiger partial charge in [-0.1, -0.05) is 0 Å². The molecule has 0 saturated carbocycles. The zero-order valence-corrected chi connectivity index (χ0v) is 36.3. The first kappa shape index (κ1) is 47.4. The molecule has 2 aromatic heterocycles. The van der Waals surface area contributed by atoms with E-state index in [1.54, 1.807) is 59.9 Å². The lowest BCUT2D eigenvalue weighted by Crippen LogP contribution is -2.41. The van der Waals surface area contributed by atoms with Crippen LogP contribution >= 0.6 is 12.4 Å². The van der Waals surface area contributed by atoms with E-state index in [0.29, 0.717) is 84.8 Å². The lowest BCUT2D eigenvalue weighted by molar-refractivity contribution is -0.134. The lowest BCUT2D eigenvalue weighted by Gasteiger charge is -2.27. The van der Waals surface area contributed by atoms with Gasteiger partial charge in [0.1, 0.15) is 66.3 Å².